The van der Waals surface area contributed by atoms with Crippen LogP contribution in [0.3, 0.4) is 0 Å². The Morgan fingerprint density at radius 3 is 2.31 bits per heavy atom. The summed E-state index contributed by atoms with van der Waals surface area (Å²) in [7, 11) is 1.56. The lowest BCUT2D eigenvalue weighted by atomic mass is 10.0. The number of nitrogens with zero attached hydrogens (tertiary/aromatic N) is 3. The van der Waals surface area contributed by atoms with Gasteiger partial charge < -0.3 is 14.7 Å². The summed E-state index contributed by atoms with van der Waals surface area (Å²) >= 11 is 5.99. The molecule has 2 aromatic rings. The third-order valence-corrected chi connectivity index (χ3v) is 6.13. The molecular formula is C24H26ClN3O4. The zero-order valence-electron chi connectivity index (χ0n) is 18.0. The number of β-amino-alcohol motifs (C(OH)–C–C–N with tert-alkyl or cyclic N) is 1. The third kappa shape index (κ3) is 4.37. The van der Waals surface area contributed by atoms with Crippen LogP contribution in [0.15, 0.2) is 54.2 Å². The summed E-state index contributed by atoms with van der Waals surface area (Å²) in [5.41, 5.74) is 2.22. The molecule has 0 bridgehead atoms. The van der Waals surface area contributed by atoms with Crippen LogP contribution in [0.2, 0.25) is 5.02 Å². The minimum absolute atomic E-state index is 0.0987. The van der Waals surface area contributed by atoms with Crippen LogP contribution in [-0.4, -0.2) is 78.1 Å². The number of carbonyl (C=O) groups excluding carboxylic acids is 2. The van der Waals surface area contributed by atoms with Crippen molar-refractivity contribution in [2.24, 2.45) is 0 Å². The van der Waals surface area contributed by atoms with E-state index in [9.17, 15) is 14.7 Å². The van der Waals surface area contributed by atoms with Gasteiger partial charge in [-0.1, -0.05) is 41.9 Å². The van der Waals surface area contributed by atoms with E-state index in [1.807, 2.05) is 35.2 Å². The number of halogens is 1. The molecule has 0 saturated carbocycles. The molecule has 0 radical (unpaired) electrons. The molecule has 0 aliphatic carbocycles. The number of methoxy groups -OCH3 is 1. The Morgan fingerprint density at radius 1 is 0.969 bits per heavy atom. The lowest BCUT2D eigenvalue weighted by Crippen LogP contribution is -2.48. The normalized spacial score (nSPS) is 17.5. The van der Waals surface area contributed by atoms with E-state index in [-0.39, 0.29) is 25.0 Å². The van der Waals surface area contributed by atoms with Crippen LogP contribution >= 0.6 is 11.6 Å². The monoisotopic (exact) mass is 455 g/mol. The molecule has 8 heteroatoms. The highest BCUT2D eigenvalue weighted by atomic mass is 35.5. The van der Waals surface area contributed by atoms with E-state index in [1.54, 1.807) is 25.3 Å². The van der Waals surface area contributed by atoms with E-state index < -0.39 is 0 Å². The summed E-state index contributed by atoms with van der Waals surface area (Å²) in [5, 5.41) is 9.82. The van der Waals surface area contributed by atoms with E-state index >= 15 is 0 Å². The van der Waals surface area contributed by atoms with Gasteiger partial charge in [-0.2, -0.15) is 0 Å². The second-order valence-corrected chi connectivity index (χ2v) is 8.24. The van der Waals surface area contributed by atoms with Gasteiger partial charge in [0, 0.05) is 43.3 Å². The predicted molar refractivity (Wildman–Crippen MR) is 122 cm³/mol. The Labute approximate surface area is 192 Å². The van der Waals surface area contributed by atoms with E-state index in [0.29, 0.717) is 60.3 Å². The van der Waals surface area contributed by atoms with Crippen molar-refractivity contribution < 1.29 is 19.4 Å². The zero-order chi connectivity index (χ0) is 22.7. The molecule has 0 aromatic heterocycles. The number of para-hydroxylation sites is 1. The average molecular weight is 456 g/mol. The van der Waals surface area contributed by atoms with Gasteiger partial charge in [0.1, 0.15) is 11.4 Å². The van der Waals surface area contributed by atoms with Crippen LogP contribution in [0.1, 0.15) is 11.1 Å². The topological polar surface area (TPSA) is 73.3 Å². The molecule has 2 aliphatic rings. The quantitative estimate of drug-likeness (QED) is 0.645. The predicted octanol–water partition coefficient (Wildman–Crippen LogP) is 2.24. The Hall–Kier alpha value is -2.87. The number of aliphatic hydroxyl groups is 1. The van der Waals surface area contributed by atoms with Gasteiger partial charge in [-0.25, -0.2) is 0 Å². The molecule has 0 spiro atoms. The van der Waals surface area contributed by atoms with Crippen LogP contribution in [0.4, 0.5) is 0 Å². The lowest BCUT2D eigenvalue weighted by molar-refractivity contribution is -0.138. The number of benzene rings is 2. The van der Waals surface area contributed by atoms with Gasteiger partial charge >= 0.3 is 0 Å². The van der Waals surface area contributed by atoms with Crippen molar-refractivity contribution in [2.75, 3.05) is 46.4 Å². The molecule has 1 N–H and O–H groups in total. The summed E-state index contributed by atoms with van der Waals surface area (Å²) < 4.78 is 5.51. The molecule has 0 atom stereocenters. The number of rotatable bonds is 7. The van der Waals surface area contributed by atoms with Crippen molar-refractivity contribution in [1.29, 1.82) is 0 Å². The van der Waals surface area contributed by atoms with Crippen LogP contribution in [0, 0.1) is 0 Å². The number of aliphatic hydroxyl groups excluding tert-OH is 1. The second kappa shape index (κ2) is 9.73. The Kier molecular flexibility index (Phi) is 6.79. The molecule has 0 unspecified atom stereocenters. The minimum Gasteiger partial charge on any atom is -0.496 e. The number of ether oxygens (including phenoxy) is 1. The number of carbonyl (C=O) groups is 2. The van der Waals surface area contributed by atoms with E-state index in [0.717, 1.165) is 5.56 Å². The Balaban J connectivity index is 1.70. The molecule has 32 heavy (non-hydrogen) atoms. The largest absolute Gasteiger partial charge is 0.496 e. The number of imide groups is 1. The molecular weight excluding hydrogens is 430 g/mol. The van der Waals surface area contributed by atoms with Gasteiger partial charge in [0.15, 0.2) is 0 Å². The van der Waals surface area contributed by atoms with Gasteiger partial charge in [0.05, 0.1) is 25.8 Å². The van der Waals surface area contributed by atoms with Crippen LogP contribution in [-0.2, 0) is 16.1 Å². The fourth-order valence-corrected chi connectivity index (χ4v) is 4.33. The summed E-state index contributed by atoms with van der Waals surface area (Å²) in [6, 6.07) is 14.4. The summed E-state index contributed by atoms with van der Waals surface area (Å²) in [6.07, 6.45) is 0. The molecule has 2 amide bonds. The van der Waals surface area contributed by atoms with E-state index in [4.69, 9.17) is 16.3 Å². The minimum atomic E-state index is -0.331. The van der Waals surface area contributed by atoms with Crippen LogP contribution < -0.4 is 4.74 Å². The van der Waals surface area contributed by atoms with E-state index in [1.165, 1.54) is 4.90 Å². The maximum absolute atomic E-state index is 13.6. The number of amides is 2. The molecule has 1 fully saturated rings. The molecule has 4 rings (SSSR count). The highest BCUT2D eigenvalue weighted by molar-refractivity contribution is 6.36. The lowest BCUT2D eigenvalue weighted by Gasteiger charge is -2.36. The standard InChI is InChI=1S/C24H26ClN3O4/c1-32-20-5-3-2-4-19(20)21-22(27-12-10-26(11-13-27)14-15-29)24(31)28(23(21)30)16-17-6-8-18(25)9-7-17/h2-9,29H,10-16H2,1H3. The number of hydrogen-bond acceptors (Lipinski definition) is 6. The molecule has 7 nitrogen and oxygen atoms in total. The molecule has 168 valence electrons. The van der Waals surface area contributed by atoms with Crippen LogP contribution in [0.25, 0.3) is 5.57 Å². The Morgan fingerprint density at radius 2 is 1.66 bits per heavy atom. The van der Waals surface area contributed by atoms with Crippen molar-refractivity contribution in [3.8, 4) is 5.75 Å². The van der Waals surface area contributed by atoms with Crippen molar-refractivity contribution in [1.82, 2.24) is 14.7 Å². The van der Waals surface area contributed by atoms with E-state index in [2.05, 4.69) is 4.90 Å². The van der Waals surface area contributed by atoms with Crippen molar-refractivity contribution in [3.05, 3.63) is 70.4 Å². The SMILES string of the molecule is COc1ccccc1C1=C(N2CCN(CCO)CC2)C(=O)N(Cc2ccc(Cl)cc2)C1=O. The summed E-state index contributed by atoms with van der Waals surface area (Å²) in [6.45, 7) is 3.48. The first kappa shape index (κ1) is 22.3. The highest BCUT2D eigenvalue weighted by Crippen LogP contribution is 2.37. The van der Waals surface area contributed by atoms with Gasteiger partial charge in [0.25, 0.3) is 11.8 Å². The highest BCUT2D eigenvalue weighted by Gasteiger charge is 2.43. The van der Waals surface area contributed by atoms with Gasteiger partial charge in [0.2, 0.25) is 0 Å². The van der Waals surface area contributed by atoms with Crippen molar-refractivity contribution in [2.45, 2.75) is 6.54 Å². The van der Waals surface area contributed by atoms with Gasteiger partial charge in [-0.3, -0.25) is 19.4 Å². The fraction of sp³-hybridized carbons (Fsp3) is 0.333. The smallest absolute Gasteiger partial charge is 0.278 e. The van der Waals surface area contributed by atoms with Gasteiger partial charge in [-0.05, 0) is 23.8 Å². The summed E-state index contributed by atoms with van der Waals surface area (Å²) in [4.78, 5) is 32.6. The Bertz CT molecular complexity index is 1030. The second-order valence-electron chi connectivity index (χ2n) is 7.80. The van der Waals surface area contributed by atoms with Crippen LogP contribution in [0.5, 0.6) is 5.75 Å². The van der Waals surface area contributed by atoms with Crippen molar-refractivity contribution in [3.63, 3.8) is 0 Å². The zero-order valence-corrected chi connectivity index (χ0v) is 18.7. The first-order chi connectivity index (χ1) is 15.5. The molecule has 2 aromatic carbocycles. The maximum Gasteiger partial charge on any atom is 0.278 e. The van der Waals surface area contributed by atoms with Crippen molar-refractivity contribution >= 4 is 29.0 Å². The van der Waals surface area contributed by atoms with Gasteiger partial charge in [-0.15, -0.1) is 0 Å². The molecule has 2 heterocycles. The molecule has 2 aliphatic heterocycles. The third-order valence-electron chi connectivity index (χ3n) is 5.88. The first-order valence-electron chi connectivity index (χ1n) is 10.6. The number of hydrogen-bond donors (Lipinski definition) is 1. The number of piperazine rings is 1. The fourth-order valence-electron chi connectivity index (χ4n) is 4.20. The first-order valence-corrected chi connectivity index (χ1v) is 11.0. The maximum atomic E-state index is 13.6. The molecule has 1 saturated heterocycles. The average Bonchev–Trinajstić information content (AvgIpc) is 3.06. The summed E-state index contributed by atoms with van der Waals surface area (Å²) in [5.74, 6) is -0.0860.